The largest absolute Gasteiger partial charge is 0.379 e. The Kier molecular flexibility index (Phi) is 8.71. The highest BCUT2D eigenvalue weighted by atomic mass is 35.5. The summed E-state index contributed by atoms with van der Waals surface area (Å²) in [5.74, 6) is -0.404. The number of carbonyl (C=O) groups excluding carboxylic acids is 1. The van der Waals surface area contributed by atoms with Gasteiger partial charge in [-0.25, -0.2) is 8.42 Å². The van der Waals surface area contributed by atoms with Gasteiger partial charge in [0.15, 0.2) is 0 Å². The lowest BCUT2D eigenvalue weighted by atomic mass is 10.1. The van der Waals surface area contributed by atoms with Gasteiger partial charge in [0.1, 0.15) is 10.9 Å². The van der Waals surface area contributed by atoms with Crippen molar-refractivity contribution in [3.63, 3.8) is 0 Å². The van der Waals surface area contributed by atoms with Crippen LogP contribution in [0.15, 0.2) is 53.4 Å². The van der Waals surface area contributed by atoms with Gasteiger partial charge in [-0.1, -0.05) is 53.5 Å². The Morgan fingerprint density at radius 1 is 1.10 bits per heavy atom. The van der Waals surface area contributed by atoms with Crippen LogP contribution in [0, 0.1) is 0 Å². The molecule has 10 heteroatoms. The maximum atomic E-state index is 13.0. The Bertz CT molecular complexity index is 983. The number of ether oxygens (including phenoxy) is 1. The van der Waals surface area contributed by atoms with Gasteiger partial charge in [0.2, 0.25) is 15.9 Å². The molecule has 0 saturated carbocycles. The molecular weight excluding hydrogens is 461 g/mol. The van der Waals surface area contributed by atoms with E-state index < -0.39 is 22.0 Å². The van der Waals surface area contributed by atoms with Crippen LogP contribution in [0.5, 0.6) is 0 Å². The minimum atomic E-state index is -4.08. The zero-order valence-electron chi connectivity index (χ0n) is 16.9. The predicted molar refractivity (Wildman–Crippen MR) is 121 cm³/mol. The lowest BCUT2D eigenvalue weighted by Gasteiger charge is -2.27. The second-order valence-corrected chi connectivity index (χ2v) is 9.71. The lowest BCUT2D eigenvalue weighted by molar-refractivity contribution is -0.122. The first-order chi connectivity index (χ1) is 14.8. The molecule has 2 aromatic rings. The monoisotopic (exact) mass is 485 g/mol. The zero-order chi connectivity index (χ0) is 22.3. The van der Waals surface area contributed by atoms with Crippen LogP contribution in [-0.4, -0.2) is 64.7 Å². The number of amides is 1. The molecule has 168 valence electrons. The molecule has 1 saturated heterocycles. The van der Waals surface area contributed by atoms with Crippen LogP contribution in [0.3, 0.4) is 0 Å². The highest BCUT2D eigenvalue weighted by Gasteiger charge is 2.28. The fourth-order valence-corrected chi connectivity index (χ4v) is 5.21. The Balaban J connectivity index is 1.72. The number of sulfonamides is 1. The van der Waals surface area contributed by atoms with E-state index in [-0.39, 0.29) is 21.4 Å². The minimum absolute atomic E-state index is 0.0306. The minimum Gasteiger partial charge on any atom is -0.379 e. The number of hydrogen-bond donors (Lipinski definition) is 2. The van der Waals surface area contributed by atoms with E-state index in [0.717, 1.165) is 18.7 Å². The lowest BCUT2D eigenvalue weighted by Crippen LogP contribution is -2.50. The highest BCUT2D eigenvalue weighted by Crippen LogP contribution is 2.25. The van der Waals surface area contributed by atoms with E-state index in [2.05, 4.69) is 14.9 Å². The van der Waals surface area contributed by atoms with Gasteiger partial charge in [-0.05, 0) is 30.2 Å². The first-order valence-electron chi connectivity index (χ1n) is 9.94. The molecule has 0 aromatic heterocycles. The Morgan fingerprint density at radius 3 is 2.52 bits per heavy atom. The van der Waals surface area contributed by atoms with Crippen LogP contribution in [0.2, 0.25) is 10.0 Å². The summed E-state index contributed by atoms with van der Waals surface area (Å²) in [5.41, 5.74) is 0.829. The van der Waals surface area contributed by atoms with E-state index in [0.29, 0.717) is 26.3 Å². The molecule has 7 nitrogen and oxygen atoms in total. The maximum Gasteiger partial charge on any atom is 0.242 e. The average Bonchev–Trinajstić information content (AvgIpc) is 2.76. The van der Waals surface area contributed by atoms with Crippen molar-refractivity contribution in [3.8, 4) is 0 Å². The topological polar surface area (TPSA) is 87.7 Å². The first-order valence-corrected chi connectivity index (χ1v) is 12.2. The molecule has 2 aromatic carbocycles. The standard InChI is InChI=1S/C21H25Cl2N3O4S/c22-17-6-7-18(23)20(15-17)31(28,29)25-19(14-16-4-2-1-3-5-16)21(27)24-8-9-26-10-12-30-13-11-26/h1-7,15,19,25H,8-14H2,(H,24,27)/t19-/m0/s1. The SMILES string of the molecule is O=C(NCCN1CCOCC1)[C@H](Cc1ccccc1)NS(=O)(=O)c1cc(Cl)ccc1Cl. The molecule has 1 fully saturated rings. The third-order valence-electron chi connectivity index (χ3n) is 4.91. The van der Waals surface area contributed by atoms with E-state index in [1.807, 2.05) is 30.3 Å². The number of morpholine rings is 1. The third kappa shape index (κ3) is 7.17. The van der Waals surface area contributed by atoms with E-state index in [4.69, 9.17) is 27.9 Å². The fourth-order valence-electron chi connectivity index (χ4n) is 3.26. The number of rotatable bonds is 9. The van der Waals surface area contributed by atoms with Gasteiger partial charge in [-0.3, -0.25) is 9.69 Å². The molecule has 1 atom stereocenters. The van der Waals surface area contributed by atoms with Crippen molar-refractivity contribution in [2.45, 2.75) is 17.4 Å². The molecule has 0 spiro atoms. The van der Waals surface area contributed by atoms with Gasteiger partial charge in [0.05, 0.1) is 18.2 Å². The molecule has 1 aliphatic rings. The average molecular weight is 486 g/mol. The van der Waals surface area contributed by atoms with Crippen LogP contribution < -0.4 is 10.0 Å². The predicted octanol–water partition coefficient (Wildman–Crippen LogP) is 2.33. The van der Waals surface area contributed by atoms with Crippen LogP contribution in [0.1, 0.15) is 5.56 Å². The van der Waals surface area contributed by atoms with Crippen molar-refractivity contribution in [3.05, 3.63) is 64.1 Å². The van der Waals surface area contributed by atoms with Gasteiger partial charge < -0.3 is 10.1 Å². The van der Waals surface area contributed by atoms with E-state index in [1.54, 1.807) is 0 Å². The number of nitrogens with zero attached hydrogens (tertiary/aromatic N) is 1. The molecule has 1 aliphatic heterocycles. The molecule has 2 N–H and O–H groups in total. The van der Waals surface area contributed by atoms with Crippen molar-refractivity contribution >= 4 is 39.1 Å². The van der Waals surface area contributed by atoms with Crippen LogP contribution in [-0.2, 0) is 26.0 Å². The molecule has 1 amide bonds. The Labute approximate surface area is 192 Å². The summed E-state index contributed by atoms with van der Waals surface area (Å²) in [6.07, 6.45) is 0.196. The highest BCUT2D eigenvalue weighted by molar-refractivity contribution is 7.89. The first kappa shape index (κ1) is 24.0. The van der Waals surface area contributed by atoms with Gasteiger partial charge in [0, 0.05) is 31.2 Å². The molecular formula is C21H25Cl2N3O4S. The second-order valence-electron chi connectivity index (χ2n) is 7.18. The van der Waals surface area contributed by atoms with E-state index >= 15 is 0 Å². The zero-order valence-corrected chi connectivity index (χ0v) is 19.2. The summed E-state index contributed by atoms with van der Waals surface area (Å²) < 4.78 is 33.8. The van der Waals surface area contributed by atoms with Gasteiger partial charge in [-0.2, -0.15) is 4.72 Å². The number of halogens is 2. The summed E-state index contributed by atoms with van der Waals surface area (Å²) >= 11 is 12.0. The second kappa shape index (κ2) is 11.3. The van der Waals surface area contributed by atoms with Crippen LogP contribution >= 0.6 is 23.2 Å². The summed E-state index contributed by atoms with van der Waals surface area (Å²) in [7, 11) is -4.08. The van der Waals surface area contributed by atoms with Gasteiger partial charge in [-0.15, -0.1) is 0 Å². The molecule has 0 radical (unpaired) electrons. The molecule has 0 bridgehead atoms. The number of benzene rings is 2. The van der Waals surface area contributed by atoms with E-state index in [1.165, 1.54) is 18.2 Å². The maximum absolute atomic E-state index is 13.0. The number of hydrogen-bond acceptors (Lipinski definition) is 5. The fraction of sp³-hybridized carbons (Fsp3) is 0.381. The smallest absolute Gasteiger partial charge is 0.242 e. The summed E-state index contributed by atoms with van der Waals surface area (Å²) in [4.78, 5) is 14.9. The molecule has 0 unspecified atom stereocenters. The van der Waals surface area contributed by atoms with Crippen molar-refractivity contribution in [2.75, 3.05) is 39.4 Å². The normalized spacial score (nSPS) is 16.1. The number of nitrogens with one attached hydrogen (secondary N) is 2. The van der Waals surface area contributed by atoms with Crippen LogP contribution in [0.4, 0.5) is 0 Å². The molecule has 31 heavy (non-hydrogen) atoms. The molecule has 0 aliphatic carbocycles. The molecule has 3 rings (SSSR count). The quantitative estimate of drug-likeness (QED) is 0.568. The summed E-state index contributed by atoms with van der Waals surface area (Å²) in [5, 5.41) is 3.11. The summed E-state index contributed by atoms with van der Waals surface area (Å²) in [6, 6.07) is 12.4. The van der Waals surface area contributed by atoms with Crippen molar-refractivity contribution < 1.29 is 17.9 Å². The van der Waals surface area contributed by atoms with Gasteiger partial charge in [0.25, 0.3) is 0 Å². The Hall–Kier alpha value is -1.68. The Morgan fingerprint density at radius 2 is 1.81 bits per heavy atom. The summed E-state index contributed by atoms with van der Waals surface area (Å²) in [6.45, 7) is 4.03. The number of carbonyl (C=O) groups is 1. The van der Waals surface area contributed by atoms with Crippen molar-refractivity contribution in [1.29, 1.82) is 0 Å². The van der Waals surface area contributed by atoms with E-state index in [9.17, 15) is 13.2 Å². The third-order valence-corrected chi connectivity index (χ3v) is 7.10. The van der Waals surface area contributed by atoms with Crippen molar-refractivity contribution in [1.82, 2.24) is 14.9 Å². The molecule has 1 heterocycles. The van der Waals surface area contributed by atoms with Gasteiger partial charge >= 0.3 is 0 Å². The van der Waals surface area contributed by atoms with Crippen LogP contribution in [0.25, 0.3) is 0 Å². The van der Waals surface area contributed by atoms with Crippen molar-refractivity contribution in [2.24, 2.45) is 0 Å².